The van der Waals surface area contributed by atoms with E-state index in [4.69, 9.17) is 0 Å². The third-order valence-electron chi connectivity index (χ3n) is 2.53. The summed E-state index contributed by atoms with van der Waals surface area (Å²) in [5, 5.41) is 0. The van der Waals surface area contributed by atoms with Crippen LogP contribution in [0.4, 0.5) is 0 Å². The molecule has 1 aromatic carbocycles. The van der Waals surface area contributed by atoms with Gasteiger partial charge in [0.15, 0.2) is 0 Å². The Labute approximate surface area is 87.0 Å². The van der Waals surface area contributed by atoms with Gasteiger partial charge >= 0.3 is 0 Å². The number of hydrogen-bond donors (Lipinski definition) is 0. The fourth-order valence-electron chi connectivity index (χ4n) is 1.49. The zero-order valence-electron chi connectivity index (χ0n) is 9.46. The summed E-state index contributed by atoms with van der Waals surface area (Å²) in [6.45, 7) is 8.58. The van der Waals surface area contributed by atoms with Crippen molar-refractivity contribution >= 4 is 5.57 Å². The lowest BCUT2D eigenvalue weighted by Gasteiger charge is -2.09. The van der Waals surface area contributed by atoms with Crippen molar-refractivity contribution in [2.75, 3.05) is 0 Å². The van der Waals surface area contributed by atoms with Crippen LogP contribution in [0.2, 0.25) is 0 Å². The van der Waals surface area contributed by atoms with Crippen molar-refractivity contribution in [3.63, 3.8) is 0 Å². The Morgan fingerprint density at radius 1 is 1.00 bits per heavy atom. The minimum absolute atomic E-state index is 1.30. The zero-order valence-corrected chi connectivity index (χ0v) is 9.46. The largest absolute Gasteiger partial charge is 0.0795 e. The molecule has 74 valence electrons. The standard InChI is InChI=1S/C14H18/c1-5-14(12(4)11(2)3)13-9-7-6-8-10-13/h5-10H,1-4H3/b14-5-. The van der Waals surface area contributed by atoms with Gasteiger partial charge in [-0.25, -0.2) is 0 Å². The summed E-state index contributed by atoms with van der Waals surface area (Å²) in [5.41, 5.74) is 5.39. The highest BCUT2D eigenvalue weighted by molar-refractivity contribution is 5.78. The van der Waals surface area contributed by atoms with E-state index in [1.54, 1.807) is 0 Å². The molecule has 0 fully saturated rings. The third-order valence-corrected chi connectivity index (χ3v) is 2.53. The molecule has 0 aliphatic heterocycles. The smallest absolute Gasteiger partial charge is 0.0185 e. The maximum absolute atomic E-state index is 2.18. The zero-order chi connectivity index (χ0) is 10.6. The van der Waals surface area contributed by atoms with Gasteiger partial charge in [-0.3, -0.25) is 0 Å². The highest BCUT2D eigenvalue weighted by atomic mass is 14.1. The van der Waals surface area contributed by atoms with Crippen molar-refractivity contribution in [3.8, 4) is 0 Å². The van der Waals surface area contributed by atoms with Gasteiger partial charge in [0, 0.05) is 0 Å². The van der Waals surface area contributed by atoms with E-state index in [2.05, 4.69) is 64.1 Å². The number of rotatable bonds is 2. The first kappa shape index (κ1) is 10.8. The van der Waals surface area contributed by atoms with Gasteiger partial charge in [0.1, 0.15) is 0 Å². The molecule has 0 amide bonds. The van der Waals surface area contributed by atoms with Crippen molar-refractivity contribution in [1.82, 2.24) is 0 Å². The van der Waals surface area contributed by atoms with Crippen molar-refractivity contribution in [3.05, 3.63) is 53.1 Å². The van der Waals surface area contributed by atoms with Crippen LogP contribution in [0, 0.1) is 0 Å². The Morgan fingerprint density at radius 2 is 1.57 bits per heavy atom. The first-order valence-electron chi connectivity index (χ1n) is 5.03. The van der Waals surface area contributed by atoms with Crippen LogP contribution in [0.5, 0.6) is 0 Å². The molecular formula is C14H18. The monoisotopic (exact) mass is 186 g/mol. The van der Waals surface area contributed by atoms with Crippen LogP contribution in [-0.2, 0) is 0 Å². The third kappa shape index (κ3) is 2.35. The van der Waals surface area contributed by atoms with Crippen LogP contribution in [-0.4, -0.2) is 0 Å². The molecule has 0 bridgehead atoms. The predicted octanol–water partition coefficient (Wildman–Crippen LogP) is 4.45. The van der Waals surface area contributed by atoms with Gasteiger partial charge in [-0.05, 0) is 44.4 Å². The van der Waals surface area contributed by atoms with Crippen LogP contribution in [0.15, 0.2) is 47.6 Å². The van der Waals surface area contributed by atoms with Gasteiger partial charge < -0.3 is 0 Å². The first-order chi connectivity index (χ1) is 6.66. The van der Waals surface area contributed by atoms with Crippen LogP contribution in [0.3, 0.4) is 0 Å². The summed E-state index contributed by atoms with van der Waals surface area (Å²) in [5.74, 6) is 0. The van der Waals surface area contributed by atoms with E-state index in [0.29, 0.717) is 0 Å². The molecule has 0 radical (unpaired) electrons. The van der Waals surface area contributed by atoms with Crippen LogP contribution >= 0.6 is 0 Å². The molecule has 0 saturated heterocycles. The molecule has 0 aliphatic rings. The van der Waals surface area contributed by atoms with Gasteiger partial charge in [-0.1, -0.05) is 42.0 Å². The number of benzene rings is 1. The summed E-state index contributed by atoms with van der Waals surface area (Å²) < 4.78 is 0. The molecule has 14 heavy (non-hydrogen) atoms. The molecular weight excluding hydrogens is 168 g/mol. The van der Waals surface area contributed by atoms with E-state index in [0.717, 1.165) is 0 Å². The van der Waals surface area contributed by atoms with Gasteiger partial charge in [0.05, 0.1) is 0 Å². The molecule has 0 unspecified atom stereocenters. The van der Waals surface area contributed by atoms with Crippen LogP contribution < -0.4 is 0 Å². The van der Waals surface area contributed by atoms with Crippen molar-refractivity contribution in [1.29, 1.82) is 0 Å². The van der Waals surface area contributed by atoms with E-state index in [9.17, 15) is 0 Å². The molecule has 0 atom stereocenters. The predicted molar refractivity (Wildman–Crippen MR) is 64.1 cm³/mol. The molecule has 0 aliphatic carbocycles. The second-order valence-corrected chi connectivity index (χ2v) is 3.69. The fraction of sp³-hybridized carbons (Fsp3) is 0.286. The molecule has 0 nitrogen and oxygen atoms in total. The molecule has 1 rings (SSSR count). The highest BCUT2D eigenvalue weighted by Gasteiger charge is 2.02. The lowest BCUT2D eigenvalue weighted by molar-refractivity contribution is 1.29. The average molecular weight is 186 g/mol. The van der Waals surface area contributed by atoms with E-state index >= 15 is 0 Å². The first-order valence-corrected chi connectivity index (χ1v) is 5.03. The summed E-state index contributed by atoms with van der Waals surface area (Å²) >= 11 is 0. The normalized spacial score (nSPS) is 11.3. The minimum atomic E-state index is 1.30. The topological polar surface area (TPSA) is 0 Å². The molecule has 0 N–H and O–H groups in total. The number of hydrogen-bond acceptors (Lipinski definition) is 0. The van der Waals surface area contributed by atoms with Crippen molar-refractivity contribution < 1.29 is 0 Å². The number of allylic oxidation sites excluding steroid dienone is 4. The van der Waals surface area contributed by atoms with Crippen LogP contribution in [0.25, 0.3) is 5.57 Å². The summed E-state index contributed by atoms with van der Waals surface area (Å²) in [7, 11) is 0. The fourth-order valence-corrected chi connectivity index (χ4v) is 1.49. The quantitative estimate of drug-likeness (QED) is 0.599. The second-order valence-electron chi connectivity index (χ2n) is 3.69. The molecule has 1 aromatic rings. The van der Waals surface area contributed by atoms with Crippen molar-refractivity contribution in [2.45, 2.75) is 27.7 Å². The summed E-state index contributed by atoms with van der Waals surface area (Å²) in [4.78, 5) is 0. The maximum Gasteiger partial charge on any atom is -0.0185 e. The van der Waals surface area contributed by atoms with Gasteiger partial charge in [-0.15, -0.1) is 0 Å². The van der Waals surface area contributed by atoms with Crippen LogP contribution in [0.1, 0.15) is 33.3 Å². The Balaban J connectivity index is 3.15. The molecule has 0 heteroatoms. The van der Waals surface area contributed by atoms with Gasteiger partial charge in [0.2, 0.25) is 0 Å². The Morgan fingerprint density at radius 3 is 2.00 bits per heavy atom. The minimum Gasteiger partial charge on any atom is -0.0795 e. The second kappa shape index (κ2) is 4.80. The molecule has 0 heterocycles. The Bertz CT molecular complexity index is 349. The van der Waals surface area contributed by atoms with Gasteiger partial charge in [-0.2, -0.15) is 0 Å². The summed E-state index contributed by atoms with van der Waals surface area (Å²) in [6.07, 6.45) is 2.18. The summed E-state index contributed by atoms with van der Waals surface area (Å²) in [6, 6.07) is 10.5. The van der Waals surface area contributed by atoms with Crippen molar-refractivity contribution in [2.24, 2.45) is 0 Å². The Hall–Kier alpha value is -1.30. The Kier molecular flexibility index (Phi) is 3.70. The molecule has 0 spiro atoms. The van der Waals surface area contributed by atoms with E-state index in [1.165, 1.54) is 22.3 Å². The molecule has 0 aromatic heterocycles. The average Bonchev–Trinajstić information content (AvgIpc) is 2.20. The van der Waals surface area contributed by atoms with E-state index < -0.39 is 0 Å². The SMILES string of the molecule is C/C=C(/C(C)=C(C)C)c1ccccc1. The molecule has 0 saturated carbocycles. The highest BCUT2D eigenvalue weighted by Crippen LogP contribution is 2.24. The lowest BCUT2D eigenvalue weighted by Crippen LogP contribution is -1.87. The maximum atomic E-state index is 2.18. The lowest BCUT2D eigenvalue weighted by atomic mass is 9.96. The van der Waals surface area contributed by atoms with Gasteiger partial charge in [0.25, 0.3) is 0 Å². The van der Waals surface area contributed by atoms with E-state index in [-0.39, 0.29) is 0 Å². The van der Waals surface area contributed by atoms with E-state index in [1.807, 2.05) is 0 Å².